The topological polar surface area (TPSA) is 49.9 Å². The third-order valence-electron chi connectivity index (χ3n) is 7.92. The lowest BCUT2D eigenvalue weighted by molar-refractivity contribution is -0.143. The van der Waals surface area contributed by atoms with E-state index < -0.39 is 76.5 Å². The highest BCUT2D eigenvalue weighted by atomic mass is 19.4. The lowest BCUT2D eigenvalue weighted by Crippen LogP contribution is -2.49. The van der Waals surface area contributed by atoms with Gasteiger partial charge in [0.2, 0.25) is 5.91 Å². The molecule has 44 heavy (non-hydrogen) atoms. The molecule has 0 N–H and O–H groups in total. The van der Waals surface area contributed by atoms with Crippen molar-refractivity contribution in [2.24, 2.45) is 0 Å². The fourth-order valence-corrected chi connectivity index (χ4v) is 5.32. The highest BCUT2D eigenvalue weighted by Crippen LogP contribution is 2.45. The minimum Gasteiger partial charge on any atom is -0.444 e. The second-order valence-electron chi connectivity index (χ2n) is 12.3. The van der Waals surface area contributed by atoms with Crippen molar-refractivity contribution < 1.29 is 49.4 Å². The smallest absolute Gasteiger partial charge is 0.416 e. The minimum absolute atomic E-state index is 0.00187. The number of rotatable bonds is 6. The van der Waals surface area contributed by atoms with E-state index >= 15 is 4.39 Å². The number of amides is 2. The molecular formula is C31H36F8N2O3. The molecule has 2 atom stereocenters. The van der Waals surface area contributed by atoms with Gasteiger partial charge in [-0.25, -0.2) is 13.6 Å². The Bertz CT molecular complexity index is 1330. The number of ether oxygens (including phenoxy) is 1. The van der Waals surface area contributed by atoms with Crippen molar-refractivity contribution >= 4 is 12.0 Å². The number of carbonyl (C=O) groups excluding carboxylic acids is 2. The van der Waals surface area contributed by atoms with Crippen molar-refractivity contribution in [3.63, 3.8) is 0 Å². The number of piperidine rings is 1. The third kappa shape index (κ3) is 8.41. The summed E-state index contributed by atoms with van der Waals surface area (Å²) in [5.74, 6) is -2.48. The van der Waals surface area contributed by atoms with Crippen LogP contribution in [0.4, 0.5) is 39.9 Å². The Morgan fingerprint density at radius 3 is 1.93 bits per heavy atom. The molecule has 2 aromatic rings. The summed E-state index contributed by atoms with van der Waals surface area (Å²) in [6, 6.07) is 3.51. The van der Waals surface area contributed by atoms with E-state index in [1.807, 2.05) is 0 Å². The van der Waals surface area contributed by atoms with E-state index in [2.05, 4.69) is 0 Å². The van der Waals surface area contributed by atoms with Crippen LogP contribution in [0, 0.1) is 12.7 Å². The molecule has 1 heterocycles. The average molecular weight is 637 g/mol. The molecule has 5 nitrogen and oxygen atoms in total. The molecule has 1 unspecified atom stereocenters. The Kier molecular flexibility index (Phi) is 10.0. The second kappa shape index (κ2) is 12.5. The molecule has 0 aliphatic carbocycles. The normalized spacial score (nSPS) is 17.2. The van der Waals surface area contributed by atoms with Crippen LogP contribution in [0.3, 0.4) is 0 Å². The van der Waals surface area contributed by atoms with Crippen LogP contribution < -0.4 is 0 Å². The van der Waals surface area contributed by atoms with Gasteiger partial charge in [0.05, 0.1) is 17.2 Å². The Morgan fingerprint density at radius 2 is 1.48 bits per heavy atom. The van der Waals surface area contributed by atoms with E-state index in [0.717, 1.165) is 11.0 Å². The number of hydrogen-bond donors (Lipinski definition) is 0. The number of halogens is 8. The fraction of sp³-hybridized carbons (Fsp3) is 0.548. The average Bonchev–Trinajstić information content (AvgIpc) is 2.89. The summed E-state index contributed by atoms with van der Waals surface area (Å²) in [5.41, 5.74) is -5.59. The summed E-state index contributed by atoms with van der Waals surface area (Å²) in [6.07, 6.45) is -11.7. The molecule has 1 fully saturated rings. The Hall–Kier alpha value is -3.38. The van der Waals surface area contributed by atoms with Gasteiger partial charge in [-0.05, 0) is 94.5 Å². The first-order valence-electron chi connectivity index (χ1n) is 14.0. The van der Waals surface area contributed by atoms with Crippen LogP contribution in [0.25, 0.3) is 0 Å². The van der Waals surface area contributed by atoms with Gasteiger partial charge in [0.25, 0.3) is 0 Å². The van der Waals surface area contributed by atoms with Gasteiger partial charge in [-0.3, -0.25) is 4.79 Å². The SMILES string of the molecule is Cc1cc(F)ccc1C(CC(=O)N(C)[C@H](C)c1cc(C(F)(F)F)cc(C(F)(F)F)c1)C1(F)CCN(C(=O)OC(C)(C)C)CC1. The van der Waals surface area contributed by atoms with Crippen LogP contribution in [0.2, 0.25) is 0 Å². The number of aryl methyl sites for hydroxylation is 1. The lowest BCUT2D eigenvalue weighted by atomic mass is 9.74. The molecule has 13 heteroatoms. The quantitative estimate of drug-likeness (QED) is 0.299. The van der Waals surface area contributed by atoms with E-state index in [9.17, 15) is 40.3 Å². The van der Waals surface area contributed by atoms with Crippen molar-refractivity contribution in [1.29, 1.82) is 0 Å². The molecule has 2 aromatic carbocycles. The Balaban J connectivity index is 1.92. The Labute approximate surface area is 251 Å². The number of hydrogen-bond acceptors (Lipinski definition) is 3. The summed E-state index contributed by atoms with van der Waals surface area (Å²) >= 11 is 0. The molecular weight excluding hydrogens is 600 g/mol. The van der Waals surface area contributed by atoms with Gasteiger partial charge >= 0.3 is 18.4 Å². The van der Waals surface area contributed by atoms with Gasteiger partial charge in [0.15, 0.2) is 0 Å². The zero-order valence-corrected chi connectivity index (χ0v) is 25.3. The largest absolute Gasteiger partial charge is 0.444 e. The number of nitrogens with zero attached hydrogens (tertiary/aromatic N) is 2. The maximum atomic E-state index is 16.8. The fourth-order valence-electron chi connectivity index (χ4n) is 5.32. The van der Waals surface area contributed by atoms with Crippen molar-refractivity contribution in [3.8, 4) is 0 Å². The van der Waals surface area contributed by atoms with E-state index in [-0.39, 0.29) is 32.0 Å². The molecule has 0 saturated carbocycles. The summed E-state index contributed by atoms with van der Waals surface area (Å²) in [6.45, 7) is 7.81. The molecule has 0 aromatic heterocycles. The molecule has 244 valence electrons. The first-order valence-corrected chi connectivity index (χ1v) is 14.0. The molecule has 0 bridgehead atoms. The van der Waals surface area contributed by atoms with Crippen molar-refractivity contribution in [2.45, 2.75) is 89.5 Å². The zero-order chi connectivity index (χ0) is 33.4. The molecule has 0 spiro atoms. The summed E-state index contributed by atoms with van der Waals surface area (Å²) in [4.78, 5) is 28.4. The van der Waals surface area contributed by atoms with Gasteiger partial charge in [-0.2, -0.15) is 26.3 Å². The highest BCUT2D eigenvalue weighted by molar-refractivity contribution is 5.78. The molecule has 1 saturated heterocycles. The monoisotopic (exact) mass is 636 g/mol. The van der Waals surface area contributed by atoms with Crippen molar-refractivity contribution in [3.05, 3.63) is 70.0 Å². The van der Waals surface area contributed by atoms with Crippen LogP contribution >= 0.6 is 0 Å². The predicted molar refractivity (Wildman–Crippen MR) is 147 cm³/mol. The number of likely N-dealkylation sites (tertiary alicyclic amines) is 1. The standard InChI is InChI=1S/C31H36F8N2O3/c1-18-13-23(32)7-8-24(18)25(29(33)9-11-41(12-10-29)27(43)44-28(3,4)5)17-26(42)40(6)19(2)20-14-21(30(34,35)36)16-22(15-20)31(37,38)39/h7-8,13-16,19,25H,9-12,17H2,1-6H3/t19-,25?/m1/s1. The number of carbonyl (C=O) groups is 2. The maximum Gasteiger partial charge on any atom is 0.416 e. The molecule has 2 amide bonds. The summed E-state index contributed by atoms with van der Waals surface area (Å²) in [7, 11) is 1.21. The summed E-state index contributed by atoms with van der Waals surface area (Å²) < 4.78 is 117. The number of benzene rings is 2. The highest BCUT2D eigenvalue weighted by Gasteiger charge is 2.46. The van der Waals surface area contributed by atoms with Crippen molar-refractivity contribution in [1.82, 2.24) is 9.80 Å². The van der Waals surface area contributed by atoms with Gasteiger partial charge in [-0.1, -0.05) is 6.07 Å². The van der Waals surface area contributed by atoms with E-state index in [1.165, 1.54) is 31.0 Å². The van der Waals surface area contributed by atoms with Crippen LogP contribution in [0.1, 0.15) is 86.7 Å². The minimum atomic E-state index is -5.07. The third-order valence-corrected chi connectivity index (χ3v) is 7.92. The van der Waals surface area contributed by atoms with E-state index in [1.54, 1.807) is 27.7 Å². The second-order valence-corrected chi connectivity index (χ2v) is 12.3. The van der Waals surface area contributed by atoms with E-state index in [0.29, 0.717) is 23.3 Å². The maximum absolute atomic E-state index is 16.8. The van der Waals surface area contributed by atoms with E-state index in [4.69, 9.17) is 4.74 Å². The van der Waals surface area contributed by atoms with Crippen molar-refractivity contribution in [2.75, 3.05) is 20.1 Å². The van der Waals surface area contributed by atoms with Crippen LogP contribution in [-0.2, 0) is 21.9 Å². The van der Waals surface area contributed by atoms with Gasteiger partial charge in [-0.15, -0.1) is 0 Å². The van der Waals surface area contributed by atoms with Gasteiger partial charge in [0.1, 0.15) is 17.1 Å². The van der Waals surface area contributed by atoms with Crippen LogP contribution in [0.15, 0.2) is 36.4 Å². The first-order chi connectivity index (χ1) is 20.0. The van der Waals surface area contributed by atoms with Gasteiger partial charge < -0.3 is 14.5 Å². The molecule has 0 radical (unpaired) electrons. The van der Waals surface area contributed by atoms with Gasteiger partial charge in [0, 0.05) is 32.5 Å². The van der Waals surface area contributed by atoms with Crippen LogP contribution in [0.5, 0.6) is 0 Å². The molecule has 1 aliphatic heterocycles. The molecule has 3 rings (SSSR count). The Morgan fingerprint density at radius 1 is 0.955 bits per heavy atom. The first kappa shape index (κ1) is 35.1. The zero-order valence-electron chi connectivity index (χ0n) is 25.3. The van der Waals surface area contributed by atoms with Crippen LogP contribution in [-0.4, -0.2) is 53.2 Å². The summed E-state index contributed by atoms with van der Waals surface area (Å²) in [5, 5.41) is 0. The lowest BCUT2D eigenvalue weighted by Gasteiger charge is -2.42. The molecule has 1 aliphatic rings. The predicted octanol–water partition coefficient (Wildman–Crippen LogP) is 8.60. The number of alkyl halides is 7.